The van der Waals surface area contributed by atoms with Gasteiger partial charge in [-0.1, -0.05) is 57.9 Å². The predicted octanol–water partition coefficient (Wildman–Crippen LogP) is 4.32. The normalized spacial score (nSPS) is 12.4. The Morgan fingerprint density at radius 3 is 2.63 bits per heavy atom. The van der Waals surface area contributed by atoms with Gasteiger partial charge in [-0.2, -0.15) is 0 Å². The first-order chi connectivity index (χ1) is 9.20. The summed E-state index contributed by atoms with van der Waals surface area (Å²) in [6, 6.07) is 15.6. The van der Waals surface area contributed by atoms with Crippen molar-refractivity contribution < 1.29 is 4.74 Å². The van der Waals surface area contributed by atoms with E-state index in [1.54, 1.807) is 0 Å². The highest BCUT2D eigenvalue weighted by Gasteiger charge is 2.13. The van der Waals surface area contributed by atoms with Gasteiger partial charge < -0.3 is 10.5 Å². The van der Waals surface area contributed by atoms with E-state index >= 15 is 0 Å². The molecule has 1 atom stereocenters. The highest BCUT2D eigenvalue weighted by atomic mass is 79.9. The molecule has 0 saturated heterocycles. The van der Waals surface area contributed by atoms with Gasteiger partial charge in [0.05, 0.1) is 12.7 Å². The molecule has 1 unspecified atom stereocenters. The fourth-order valence-electron chi connectivity index (χ4n) is 1.84. The van der Waals surface area contributed by atoms with Crippen LogP contribution in [0, 0.1) is 0 Å². The molecule has 2 nitrogen and oxygen atoms in total. The maximum atomic E-state index is 5.95. The second kappa shape index (κ2) is 7.06. The summed E-state index contributed by atoms with van der Waals surface area (Å²) in [6.07, 6.45) is -0.130. The largest absolute Gasteiger partial charge is 0.367 e. The molecule has 0 spiro atoms. The van der Waals surface area contributed by atoms with Gasteiger partial charge in [0, 0.05) is 16.0 Å². The molecule has 2 N–H and O–H groups in total. The molecular weight excluding hydrogens is 326 g/mol. The Kier molecular flexibility index (Phi) is 5.40. The molecular formula is C15H15BrClNO. The van der Waals surface area contributed by atoms with E-state index in [1.807, 2.05) is 48.5 Å². The Labute approximate surface area is 126 Å². The van der Waals surface area contributed by atoms with Crippen LogP contribution in [-0.2, 0) is 11.3 Å². The number of rotatable bonds is 5. The van der Waals surface area contributed by atoms with E-state index in [0.717, 1.165) is 15.6 Å². The smallest absolute Gasteiger partial charge is 0.0962 e. The van der Waals surface area contributed by atoms with Crippen LogP contribution in [0.5, 0.6) is 0 Å². The predicted molar refractivity (Wildman–Crippen MR) is 82.2 cm³/mol. The van der Waals surface area contributed by atoms with E-state index in [4.69, 9.17) is 22.1 Å². The molecule has 2 rings (SSSR count). The van der Waals surface area contributed by atoms with Crippen LogP contribution in [0.25, 0.3) is 0 Å². The van der Waals surface area contributed by atoms with Gasteiger partial charge in [-0.25, -0.2) is 0 Å². The van der Waals surface area contributed by atoms with Gasteiger partial charge in [0.1, 0.15) is 0 Å². The van der Waals surface area contributed by atoms with E-state index < -0.39 is 0 Å². The average molecular weight is 341 g/mol. The lowest BCUT2D eigenvalue weighted by molar-refractivity contribution is 0.0452. The topological polar surface area (TPSA) is 35.2 Å². The van der Waals surface area contributed by atoms with Crippen molar-refractivity contribution in [3.05, 3.63) is 69.2 Å². The maximum Gasteiger partial charge on any atom is 0.0962 e. The number of ether oxygens (including phenoxy) is 1. The Bertz CT molecular complexity index is 547. The van der Waals surface area contributed by atoms with Crippen molar-refractivity contribution in [3.63, 3.8) is 0 Å². The molecule has 0 saturated carbocycles. The van der Waals surface area contributed by atoms with Crippen molar-refractivity contribution in [3.8, 4) is 0 Å². The summed E-state index contributed by atoms with van der Waals surface area (Å²) in [7, 11) is 0. The van der Waals surface area contributed by atoms with Crippen molar-refractivity contribution in [1.82, 2.24) is 0 Å². The van der Waals surface area contributed by atoms with Crippen LogP contribution in [0.1, 0.15) is 17.2 Å². The highest BCUT2D eigenvalue weighted by Crippen LogP contribution is 2.26. The van der Waals surface area contributed by atoms with Crippen LogP contribution in [0.4, 0.5) is 0 Å². The molecule has 19 heavy (non-hydrogen) atoms. The van der Waals surface area contributed by atoms with Gasteiger partial charge in [0.2, 0.25) is 0 Å². The Morgan fingerprint density at radius 1 is 1.16 bits per heavy atom. The first kappa shape index (κ1) is 14.5. The molecule has 2 aromatic rings. The van der Waals surface area contributed by atoms with Crippen LogP contribution < -0.4 is 5.73 Å². The second-order valence-electron chi connectivity index (χ2n) is 4.19. The summed E-state index contributed by atoms with van der Waals surface area (Å²) >= 11 is 9.47. The van der Waals surface area contributed by atoms with Gasteiger partial charge in [-0.3, -0.25) is 0 Å². The lowest BCUT2D eigenvalue weighted by Gasteiger charge is -2.18. The number of nitrogens with two attached hydrogens (primary N) is 1. The van der Waals surface area contributed by atoms with Crippen molar-refractivity contribution in [2.24, 2.45) is 5.73 Å². The van der Waals surface area contributed by atoms with Gasteiger partial charge >= 0.3 is 0 Å². The first-order valence-corrected chi connectivity index (χ1v) is 7.18. The summed E-state index contributed by atoms with van der Waals surface area (Å²) < 4.78 is 6.90. The van der Waals surface area contributed by atoms with Gasteiger partial charge in [-0.05, 0) is 29.3 Å². The minimum atomic E-state index is -0.130. The van der Waals surface area contributed by atoms with Gasteiger partial charge in [0.25, 0.3) is 0 Å². The molecule has 4 heteroatoms. The van der Waals surface area contributed by atoms with Crippen LogP contribution in [0.3, 0.4) is 0 Å². The third-order valence-corrected chi connectivity index (χ3v) is 3.76. The minimum absolute atomic E-state index is 0.130. The van der Waals surface area contributed by atoms with Gasteiger partial charge in [-0.15, -0.1) is 0 Å². The van der Waals surface area contributed by atoms with E-state index in [9.17, 15) is 0 Å². The summed E-state index contributed by atoms with van der Waals surface area (Å²) in [5.41, 5.74) is 7.90. The van der Waals surface area contributed by atoms with Crippen molar-refractivity contribution >= 4 is 27.5 Å². The third kappa shape index (κ3) is 4.05. The highest BCUT2D eigenvalue weighted by molar-refractivity contribution is 9.10. The molecule has 0 aliphatic rings. The quantitative estimate of drug-likeness (QED) is 0.880. The van der Waals surface area contributed by atoms with Crippen molar-refractivity contribution in [2.45, 2.75) is 12.7 Å². The van der Waals surface area contributed by atoms with Crippen LogP contribution in [0.2, 0.25) is 5.02 Å². The molecule has 0 aliphatic carbocycles. The lowest BCUT2D eigenvalue weighted by Crippen LogP contribution is -2.16. The SMILES string of the molecule is NCC(OCc1cccc(Cl)c1)c1ccccc1Br. The molecule has 0 aliphatic heterocycles. The summed E-state index contributed by atoms with van der Waals surface area (Å²) in [5.74, 6) is 0. The molecule has 2 aromatic carbocycles. The number of hydrogen-bond acceptors (Lipinski definition) is 2. The third-order valence-electron chi connectivity index (χ3n) is 2.81. The fraction of sp³-hybridized carbons (Fsp3) is 0.200. The van der Waals surface area contributed by atoms with Gasteiger partial charge in [0.15, 0.2) is 0 Å². The molecule has 0 radical (unpaired) electrons. The Morgan fingerprint density at radius 2 is 1.95 bits per heavy atom. The molecule has 0 aromatic heterocycles. The zero-order chi connectivity index (χ0) is 13.7. The van der Waals surface area contributed by atoms with E-state index in [1.165, 1.54) is 0 Å². The Balaban J connectivity index is 2.06. The molecule has 0 heterocycles. The number of halogens is 2. The maximum absolute atomic E-state index is 5.95. The zero-order valence-electron chi connectivity index (χ0n) is 10.4. The monoisotopic (exact) mass is 339 g/mol. The van der Waals surface area contributed by atoms with Crippen LogP contribution >= 0.6 is 27.5 Å². The van der Waals surface area contributed by atoms with Crippen LogP contribution in [-0.4, -0.2) is 6.54 Å². The molecule has 100 valence electrons. The van der Waals surface area contributed by atoms with E-state index in [-0.39, 0.29) is 6.10 Å². The number of benzene rings is 2. The minimum Gasteiger partial charge on any atom is -0.367 e. The molecule has 0 amide bonds. The summed E-state index contributed by atoms with van der Waals surface area (Å²) in [5, 5.41) is 0.714. The van der Waals surface area contributed by atoms with E-state index in [2.05, 4.69) is 15.9 Å². The average Bonchev–Trinajstić information content (AvgIpc) is 2.41. The molecule has 0 bridgehead atoms. The number of hydrogen-bond donors (Lipinski definition) is 1. The van der Waals surface area contributed by atoms with E-state index in [0.29, 0.717) is 18.2 Å². The van der Waals surface area contributed by atoms with Crippen LogP contribution in [0.15, 0.2) is 53.0 Å². The summed E-state index contributed by atoms with van der Waals surface area (Å²) in [4.78, 5) is 0. The fourth-order valence-corrected chi connectivity index (χ4v) is 2.60. The summed E-state index contributed by atoms with van der Waals surface area (Å²) in [6.45, 7) is 0.924. The van der Waals surface area contributed by atoms with Crippen molar-refractivity contribution in [1.29, 1.82) is 0 Å². The zero-order valence-corrected chi connectivity index (χ0v) is 12.7. The van der Waals surface area contributed by atoms with Crippen molar-refractivity contribution in [2.75, 3.05) is 6.54 Å². The molecule has 0 fully saturated rings. The first-order valence-electron chi connectivity index (χ1n) is 6.01. The second-order valence-corrected chi connectivity index (χ2v) is 5.48. The lowest BCUT2D eigenvalue weighted by atomic mass is 10.1. The Hall–Kier alpha value is -0.870. The standard InChI is InChI=1S/C15H15BrClNO/c16-14-7-2-1-6-13(14)15(9-18)19-10-11-4-3-5-12(17)8-11/h1-8,15H,9-10,18H2.